The highest BCUT2D eigenvalue weighted by Gasteiger charge is 2.43. The van der Waals surface area contributed by atoms with E-state index in [1.165, 1.54) is 7.05 Å². The van der Waals surface area contributed by atoms with E-state index >= 15 is 0 Å². The number of amides is 3. The molecule has 92 valence electrons. The van der Waals surface area contributed by atoms with Crippen molar-refractivity contribution in [2.45, 2.75) is 31.9 Å². The van der Waals surface area contributed by atoms with Crippen molar-refractivity contribution in [2.24, 2.45) is 0 Å². The van der Waals surface area contributed by atoms with Crippen LogP contribution in [0.3, 0.4) is 0 Å². The number of likely N-dealkylation sites (tertiary alicyclic amines) is 1. The molecule has 0 saturated carbocycles. The Morgan fingerprint density at radius 2 is 2.06 bits per heavy atom. The number of β-amino-alcohol motifs (C(OH)–C–C–N with tert-alkyl or cyclic N) is 1. The highest BCUT2D eigenvalue weighted by Crippen LogP contribution is 2.25. The average Bonchev–Trinajstić information content (AvgIpc) is 2.23. The third kappa shape index (κ3) is 2.70. The first-order valence-electron chi connectivity index (χ1n) is 5.41. The number of carbonyl (C=O) groups is 2. The Morgan fingerprint density at radius 3 is 2.50 bits per heavy atom. The number of nitrogens with one attached hydrogen (secondary N) is 2. The Bertz CT molecular complexity index is 287. The van der Waals surface area contributed by atoms with Gasteiger partial charge in [0.15, 0.2) is 0 Å². The summed E-state index contributed by atoms with van der Waals surface area (Å²) in [4.78, 5) is 24.3. The van der Waals surface area contributed by atoms with Crippen LogP contribution >= 0.6 is 0 Å². The van der Waals surface area contributed by atoms with Gasteiger partial charge in [-0.15, -0.1) is 0 Å². The van der Waals surface area contributed by atoms with Gasteiger partial charge in [0.1, 0.15) is 0 Å². The Labute approximate surface area is 95.0 Å². The maximum atomic E-state index is 11.6. The van der Waals surface area contributed by atoms with E-state index < -0.39 is 17.7 Å². The molecule has 1 atom stereocenters. The number of hydrogen-bond acceptors (Lipinski definition) is 4. The van der Waals surface area contributed by atoms with E-state index in [0.717, 1.165) is 0 Å². The average molecular weight is 229 g/mol. The molecule has 0 aromatic rings. The lowest BCUT2D eigenvalue weighted by Crippen LogP contribution is -2.66. The molecule has 0 bridgehead atoms. The van der Waals surface area contributed by atoms with Gasteiger partial charge in [-0.05, 0) is 13.3 Å². The number of carbonyl (C=O) groups excluding carboxylic acids is 2. The Balaban J connectivity index is 2.39. The molecule has 1 unspecified atom stereocenters. The number of rotatable bonds is 3. The first-order chi connectivity index (χ1) is 7.41. The van der Waals surface area contributed by atoms with Gasteiger partial charge in [-0.3, -0.25) is 15.0 Å². The zero-order valence-electron chi connectivity index (χ0n) is 9.91. The molecule has 0 aromatic heterocycles. The molecule has 1 saturated heterocycles. The fourth-order valence-corrected chi connectivity index (χ4v) is 1.65. The SMILES string of the molecule is CCC1(O)CN(C(C)C(=O)NC(=O)NC)C1. The summed E-state index contributed by atoms with van der Waals surface area (Å²) in [5.74, 6) is -0.350. The van der Waals surface area contributed by atoms with Crippen molar-refractivity contribution in [1.82, 2.24) is 15.5 Å². The lowest BCUT2D eigenvalue weighted by Gasteiger charge is -2.48. The van der Waals surface area contributed by atoms with Gasteiger partial charge in [0, 0.05) is 20.1 Å². The zero-order chi connectivity index (χ0) is 12.3. The molecule has 3 amide bonds. The maximum Gasteiger partial charge on any atom is 0.321 e. The van der Waals surface area contributed by atoms with Gasteiger partial charge in [0.25, 0.3) is 0 Å². The molecule has 1 fully saturated rings. The van der Waals surface area contributed by atoms with Crippen LogP contribution in [0.15, 0.2) is 0 Å². The van der Waals surface area contributed by atoms with Crippen LogP contribution in [0.25, 0.3) is 0 Å². The van der Waals surface area contributed by atoms with E-state index in [1.807, 2.05) is 11.8 Å². The first kappa shape index (κ1) is 12.9. The summed E-state index contributed by atoms with van der Waals surface area (Å²) in [6.45, 7) is 4.58. The van der Waals surface area contributed by atoms with Crippen LogP contribution in [-0.2, 0) is 4.79 Å². The van der Waals surface area contributed by atoms with Gasteiger partial charge in [0.05, 0.1) is 11.6 Å². The van der Waals surface area contributed by atoms with E-state index in [9.17, 15) is 14.7 Å². The molecular formula is C10H19N3O3. The summed E-state index contributed by atoms with van der Waals surface area (Å²) in [7, 11) is 1.45. The Hall–Kier alpha value is -1.14. The second-order valence-corrected chi connectivity index (χ2v) is 4.23. The summed E-state index contributed by atoms with van der Waals surface area (Å²) >= 11 is 0. The van der Waals surface area contributed by atoms with Crippen LogP contribution in [0.4, 0.5) is 4.79 Å². The third-order valence-corrected chi connectivity index (χ3v) is 3.04. The minimum absolute atomic E-state index is 0.350. The van der Waals surface area contributed by atoms with Crippen molar-refractivity contribution < 1.29 is 14.7 Å². The van der Waals surface area contributed by atoms with E-state index in [-0.39, 0.29) is 5.91 Å². The van der Waals surface area contributed by atoms with Crippen LogP contribution in [0, 0.1) is 0 Å². The highest BCUT2D eigenvalue weighted by atomic mass is 16.3. The van der Waals surface area contributed by atoms with Crippen LogP contribution in [0.5, 0.6) is 0 Å². The molecule has 1 aliphatic heterocycles. The molecule has 16 heavy (non-hydrogen) atoms. The van der Waals surface area contributed by atoms with Gasteiger partial charge < -0.3 is 10.4 Å². The smallest absolute Gasteiger partial charge is 0.321 e. The topological polar surface area (TPSA) is 81.7 Å². The van der Waals surface area contributed by atoms with Crippen LogP contribution in [0.1, 0.15) is 20.3 Å². The van der Waals surface area contributed by atoms with Gasteiger partial charge >= 0.3 is 6.03 Å². The van der Waals surface area contributed by atoms with Gasteiger partial charge in [0.2, 0.25) is 5.91 Å². The third-order valence-electron chi connectivity index (χ3n) is 3.04. The first-order valence-corrected chi connectivity index (χ1v) is 5.41. The largest absolute Gasteiger partial charge is 0.387 e. The monoisotopic (exact) mass is 229 g/mol. The van der Waals surface area contributed by atoms with Crippen molar-refractivity contribution in [2.75, 3.05) is 20.1 Å². The molecule has 6 heteroatoms. The number of hydrogen-bond donors (Lipinski definition) is 3. The molecule has 1 heterocycles. The van der Waals surface area contributed by atoms with Gasteiger partial charge in [-0.1, -0.05) is 6.92 Å². The molecule has 1 aliphatic rings. The number of urea groups is 1. The maximum absolute atomic E-state index is 11.6. The predicted molar refractivity (Wildman–Crippen MR) is 58.9 cm³/mol. The van der Waals surface area contributed by atoms with Crippen molar-refractivity contribution in [1.29, 1.82) is 0 Å². The summed E-state index contributed by atoms with van der Waals surface area (Å²) < 4.78 is 0. The molecule has 1 rings (SSSR count). The van der Waals surface area contributed by atoms with E-state index in [2.05, 4.69) is 10.6 Å². The molecule has 3 N–H and O–H groups in total. The van der Waals surface area contributed by atoms with Gasteiger partial charge in [-0.25, -0.2) is 4.79 Å². The highest BCUT2D eigenvalue weighted by molar-refractivity contribution is 5.96. The number of nitrogens with zero attached hydrogens (tertiary/aromatic N) is 1. The molecule has 0 aliphatic carbocycles. The zero-order valence-corrected chi connectivity index (χ0v) is 9.91. The summed E-state index contributed by atoms with van der Waals surface area (Å²) in [5.41, 5.74) is -0.665. The van der Waals surface area contributed by atoms with Crippen LogP contribution in [-0.4, -0.2) is 53.7 Å². The molecular weight excluding hydrogens is 210 g/mol. The normalized spacial score (nSPS) is 20.8. The Morgan fingerprint density at radius 1 is 1.50 bits per heavy atom. The van der Waals surface area contributed by atoms with Crippen molar-refractivity contribution in [3.05, 3.63) is 0 Å². The van der Waals surface area contributed by atoms with E-state index in [0.29, 0.717) is 19.5 Å². The summed E-state index contributed by atoms with van der Waals surface area (Å²) in [6.07, 6.45) is 0.674. The molecule has 0 spiro atoms. The van der Waals surface area contributed by atoms with Crippen LogP contribution in [0.2, 0.25) is 0 Å². The standard InChI is InChI=1S/C10H19N3O3/c1-4-10(16)5-13(6-10)7(2)8(14)12-9(15)11-3/h7,16H,4-6H2,1-3H3,(H2,11,12,14,15). The molecule has 0 aromatic carbocycles. The fourth-order valence-electron chi connectivity index (χ4n) is 1.65. The minimum atomic E-state index is -0.665. The summed E-state index contributed by atoms with van der Waals surface area (Å²) in [6, 6.07) is -0.910. The summed E-state index contributed by atoms with van der Waals surface area (Å²) in [5, 5.41) is 14.3. The lowest BCUT2D eigenvalue weighted by atomic mass is 9.90. The second-order valence-electron chi connectivity index (χ2n) is 4.23. The minimum Gasteiger partial charge on any atom is -0.387 e. The lowest BCUT2D eigenvalue weighted by molar-refractivity contribution is -0.141. The van der Waals surface area contributed by atoms with Crippen molar-refractivity contribution in [3.63, 3.8) is 0 Å². The van der Waals surface area contributed by atoms with Crippen LogP contribution < -0.4 is 10.6 Å². The molecule has 0 radical (unpaired) electrons. The van der Waals surface area contributed by atoms with Gasteiger partial charge in [-0.2, -0.15) is 0 Å². The van der Waals surface area contributed by atoms with Crippen molar-refractivity contribution in [3.8, 4) is 0 Å². The quantitative estimate of drug-likeness (QED) is 0.597. The van der Waals surface area contributed by atoms with Crippen molar-refractivity contribution >= 4 is 11.9 Å². The predicted octanol–water partition coefficient (Wildman–Crippen LogP) is -0.713. The van der Waals surface area contributed by atoms with E-state index in [4.69, 9.17) is 0 Å². The Kier molecular flexibility index (Phi) is 3.88. The number of aliphatic hydroxyl groups is 1. The van der Waals surface area contributed by atoms with E-state index in [1.54, 1.807) is 6.92 Å². The fraction of sp³-hybridized carbons (Fsp3) is 0.800. The number of imide groups is 1. The molecule has 6 nitrogen and oxygen atoms in total. The second kappa shape index (κ2) is 4.80.